The number of nitrogens with zero attached hydrogens (tertiary/aromatic N) is 2. The van der Waals surface area contributed by atoms with E-state index in [4.69, 9.17) is 0 Å². The highest BCUT2D eigenvalue weighted by Gasteiger charge is 2.31. The molecule has 3 rings (SSSR count). The summed E-state index contributed by atoms with van der Waals surface area (Å²) in [6.07, 6.45) is -3.38. The van der Waals surface area contributed by atoms with Crippen LogP contribution in [0, 0.1) is 5.92 Å². The van der Waals surface area contributed by atoms with Crippen LogP contribution in [-0.2, 0) is 24.1 Å². The molecule has 0 aliphatic carbocycles. The first kappa shape index (κ1) is 25.7. The Morgan fingerprint density at radius 3 is 2.18 bits per heavy atom. The van der Waals surface area contributed by atoms with E-state index in [0.717, 1.165) is 24.2 Å². The van der Waals surface area contributed by atoms with E-state index in [1.807, 2.05) is 18.2 Å². The first-order valence-electron chi connectivity index (χ1n) is 11.6. The maximum Gasteiger partial charge on any atom is 0.416 e. The maximum absolute atomic E-state index is 12.8. The summed E-state index contributed by atoms with van der Waals surface area (Å²) in [4.78, 5) is 29.3. The van der Waals surface area contributed by atoms with E-state index in [1.54, 1.807) is 4.90 Å². The molecule has 5 nitrogen and oxygen atoms in total. The Hall–Kier alpha value is -2.87. The Bertz CT molecular complexity index is 982. The summed E-state index contributed by atoms with van der Waals surface area (Å²) in [7, 11) is 2.07. The molecule has 0 radical (unpaired) electrons. The SMILES string of the molecule is CC(C)N(C)Cc1ccccc1CNC(=O)C1CCN(C(=O)c2ccc(C(F)(F)F)cc2)CC1. The lowest BCUT2D eigenvalue weighted by atomic mass is 9.95. The zero-order valence-corrected chi connectivity index (χ0v) is 19.9. The first-order chi connectivity index (χ1) is 16.1. The smallest absolute Gasteiger partial charge is 0.352 e. The van der Waals surface area contributed by atoms with E-state index in [1.165, 1.54) is 17.7 Å². The van der Waals surface area contributed by atoms with Crippen LogP contribution in [0.5, 0.6) is 0 Å². The van der Waals surface area contributed by atoms with Gasteiger partial charge in [0.25, 0.3) is 5.91 Å². The summed E-state index contributed by atoms with van der Waals surface area (Å²) in [5, 5.41) is 3.04. The average Bonchev–Trinajstić information content (AvgIpc) is 2.82. The van der Waals surface area contributed by atoms with Gasteiger partial charge in [-0.25, -0.2) is 0 Å². The Labute approximate surface area is 198 Å². The number of likely N-dealkylation sites (tertiary alicyclic amines) is 1. The van der Waals surface area contributed by atoms with Crippen LogP contribution in [0.1, 0.15) is 53.7 Å². The van der Waals surface area contributed by atoms with E-state index in [-0.39, 0.29) is 23.3 Å². The van der Waals surface area contributed by atoms with Crippen LogP contribution in [-0.4, -0.2) is 47.8 Å². The van der Waals surface area contributed by atoms with Gasteiger partial charge in [0.05, 0.1) is 5.56 Å². The highest BCUT2D eigenvalue weighted by atomic mass is 19.4. The van der Waals surface area contributed by atoms with Gasteiger partial charge in [-0.3, -0.25) is 14.5 Å². The van der Waals surface area contributed by atoms with Gasteiger partial charge in [0.1, 0.15) is 0 Å². The van der Waals surface area contributed by atoms with E-state index in [2.05, 4.69) is 37.2 Å². The van der Waals surface area contributed by atoms with Crippen LogP contribution in [0.25, 0.3) is 0 Å². The van der Waals surface area contributed by atoms with Gasteiger partial charge < -0.3 is 10.2 Å². The lowest BCUT2D eigenvalue weighted by Gasteiger charge is -2.31. The molecule has 0 aromatic heterocycles. The number of rotatable bonds is 7. The molecule has 0 unspecified atom stereocenters. The van der Waals surface area contributed by atoms with Crippen LogP contribution < -0.4 is 5.32 Å². The molecule has 1 aliphatic rings. The summed E-state index contributed by atoms with van der Waals surface area (Å²) in [6, 6.07) is 12.7. The van der Waals surface area contributed by atoms with E-state index >= 15 is 0 Å². The van der Waals surface area contributed by atoms with Crippen molar-refractivity contribution in [2.24, 2.45) is 5.92 Å². The summed E-state index contributed by atoms with van der Waals surface area (Å²) in [5.41, 5.74) is 1.70. The van der Waals surface area contributed by atoms with Crippen LogP contribution in [0.4, 0.5) is 13.2 Å². The number of halogens is 3. The molecule has 0 bridgehead atoms. The maximum atomic E-state index is 12.8. The van der Waals surface area contributed by atoms with Gasteiger partial charge in [-0.1, -0.05) is 24.3 Å². The van der Waals surface area contributed by atoms with Crippen molar-refractivity contribution in [2.45, 2.75) is 52.0 Å². The molecule has 1 aliphatic heterocycles. The number of piperidine rings is 1. The fraction of sp³-hybridized carbons (Fsp3) is 0.462. The topological polar surface area (TPSA) is 52.7 Å². The van der Waals surface area contributed by atoms with Gasteiger partial charge in [-0.2, -0.15) is 13.2 Å². The van der Waals surface area contributed by atoms with Gasteiger partial charge >= 0.3 is 6.18 Å². The van der Waals surface area contributed by atoms with Crippen molar-refractivity contribution >= 4 is 11.8 Å². The largest absolute Gasteiger partial charge is 0.416 e. The molecular weight excluding hydrogens is 443 g/mol. The number of alkyl halides is 3. The zero-order valence-electron chi connectivity index (χ0n) is 19.9. The predicted octanol–water partition coefficient (Wildman–Crippen LogP) is 4.71. The zero-order chi connectivity index (χ0) is 24.9. The second kappa shape index (κ2) is 11.0. The predicted molar refractivity (Wildman–Crippen MR) is 125 cm³/mol. The third-order valence-corrected chi connectivity index (χ3v) is 6.48. The molecule has 2 amide bonds. The third kappa shape index (κ3) is 6.59. The van der Waals surface area contributed by atoms with E-state index < -0.39 is 11.7 Å². The highest BCUT2D eigenvalue weighted by Crippen LogP contribution is 2.29. The molecule has 2 aromatic carbocycles. The van der Waals surface area contributed by atoms with Gasteiger partial charge in [0, 0.05) is 43.7 Å². The molecular formula is C26H32F3N3O2. The molecule has 0 atom stereocenters. The van der Waals surface area contributed by atoms with Crippen LogP contribution in [0.3, 0.4) is 0 Å². The molecule has 0 spiro atoms. The van der Waals surface area contributed by atoms with Crippen molar-refractivity contribution in [3.05, 3.63) is 70.8 Å². The van der Waals surface area contributed by atoms with Crippen molar-refractivity contribution in [1.29, 1.82) is 0 Å². The lowest BCUT2D eigenvalue weighted by Crippen LogP contribution is -2.43. The molecule has 2 aromatic rings. The van der Waals surface area contributed by atoms with Crippen LogP contribution in [0.15, 0.2) is 48.5 Å². The first-order valence-corrected chi connectivity index (χ1v) is 11.6. The Balaban J connectivity index is 1.51. The summed E-state index contributed by atoms with van der Waals surface area (Å²) >= 11 is 0. The van der Waals surface area contributed by atoms with E-state index in [9.17, 15) is 22.8 Å². The number of amides is 2. The van der Waals surface area contributed by atoms with Gasteiger partial charge in [0.15, 0.2) is 0 Å². The number of carbonyl (C=O) groups is 2. The quantitative estimate of drug-likeness (QED) is 0.631. The second-order valence-electron chi connectivity index (χ2n) is 9.14. The molecule has 1 N–H and O–H groups in total. The lowest BCUT2D eigenvalue weighted by molar-refractivity contribution is -0.137. The molecule has 184 valence electrons. The van der Waals surface area contributed by atoms with Gasteiger partial charge in [-0.15, -0.1) is 0 Å². The van der Waals surface area contributed by atoms with Crippen LogP contribution >= 0.6 is 0 Å². The van der Waals surface area contributed by atoms with Crippen molar-refractivity contribution < 1.29 is 22.8 Å². The van der Waals surface area contributed by atoms with Crippen molar-refractivity contribution in [2.75, 3.05) is 20.1 Å². The summed E-state index contributed by atoms with van der Waals surface area (Å²) in [5.74, 6) is -0.536. The van der Waals surface area contributed by atoms with Gasteiger partial charge in [0.2, 0.25) is 5.91 Å². The second-order valence-corrected chi connectivity index (χ2v) is 9.14. The van der Waals surface area contributed by atoms with Crippen molar-refractivity contribution in [3.8, 4) is 0 Å². The molecule has 1 saturated heterocycles. The summed E-state index contributed by atoms with van der Waals surface area (Å²) in [6.45, 7) is 6.32. The fourth-order valence-corrected chi connectivity index (χ4v) is 3.99. The minimum Gasteiger partial charge on any atom is -0.352 e. The Morgan fingerprint density at radius 1 is 1.03 bits per heavy atom. The van der Waals surface area contributed by atoms with Gasteiger partial charge in [-0.05, 0) is 69.1 Å². The summed E-state index contributed by atoms with van der Waals surface area (Å²) < 4.78 is 38.2. The molecule has 1 fully saturated rings. The average molecular weight is 476 g/mol. The number of hydrogen-bond acceptors (Lipinski definition) is 3. The Kier molecular flexibility index (Phi) is 8.36. The Morgan fingerprint density at radius 2 is 1.62 bits per heavy atom. The molecule has 0 saturated carbocycles. The highest BCUT2D eigenvalue weighted by molar-refractivity contribution is 5.94. The molecule has 1 heterocycles. The minimum atomic E-state index is -4.43. The van der Waals surface area contributed by atoms with E-state index in [0.29, 0.717) is 38.5 Å². The van der Waals surface area contributed by atoms with Crippen molar-refractivity contribution in [1.82, 2.24) is 15.1 Å². The molecule has 8 heteroatoms. The fourth-order valence-electron chi connectivity index (χ4n) is 3.99. The minimum absolute atomic E-state index is 0.0337. The number of benzene rings is 2. The van der Waals surface area contributed by atoms with Crippen molar-refractivity contribution in [3.63, 3.8) is 0 Å². The number of carbonyl (C=O) groups excluding carboxylic acids is 2. The number of nitrogens with one attached hydrogen (secondary N) is 1. The van der Waals surface area contributed by atoms with Crippen LogP contribution in [0.2, 0.25) is 0 Å². The standard InChI is InChI=1S/C26H32F3N3O2/c1-18(2)31(3)17-22-7-5-4-6-21(22)16-30-24(33)19-12-14-32(15-13-19)25(34)20-8-10-23(11-9-20)26(27,28)29/h4-11,18-19H,12-17H2,1-3H3,(H,30,33). The molecule has 34 heavy (non-hydrogen) atoms. The number of hydrogen-bond donors (Lipinski definition) is 1. The third-order valence-electron chi connectivity index (χ3n) is 6.48. The monoisotopic (exact) mass is 475 g/mol. The normalized spacial score (nSPS) is 15.1.